The molecule has 0 bridgehead atoms. The molecule has 0 radical (unpaired) electrons. The lowest BCUT2D eigenvalue weighted by atomic mass is 10.1. The van der Waals surface area contributed by atoms with E-state index in [4.69, 9.17) is 9.84 Å². The summed E-state index contributed by atoms with van der Waals surface area (Å²) in [7, 11) is 0. The summed E-state index contributed by atoms with van der Waals surface area (Å²) in [6.45, 7) is 4.84. The van der Waals surface area contributed by atoms with Crippen molar-refractivity contribution in [2.45, 2.75) is 26.4 Å². The van der Waals surface area contributed by atoms with Gasteiger partial charge in [0.25, 0.3) is 5.91 Å². The molecule has 1 amide bonds. The Morgan fingerprint density at radius 2 is 2.19 bits per heavy atom. The number of amides is 1. The molecule has 0 spiro atoms. The van der Waals surface area contributed by atoms with Crippen LogP contribution in [0.2, 0.25) is 0 Å². The van der Waals surface area contributed by atoms with Gasteiger partial charge in [0.2, 0.25) is 0 Å². The van der Waals surface area contributed by atoms with Crippen LogP contribution in [0.15, 0.2) is 30.0 Å². The molecule has 1 aromatic heterocycles. The van der Waals surface area contributed by atoms with Crippen LogP contribution in [0.1, 0.15) is 36.2 Å². The summed E-state index contributed by atoms with van der Waals surface area (Å²) in [5, 5.41) is 21.7. The van der Waals surface area contributed by atoms with Gasteiger partial charge in [-0.25, -0.2) is 4.79 Å². The highest BCUT2D eigenvalue weighted by molar-refractivity contribution is 6.04. The van der Waals surface area contributed by atoms with Crippen molar-refractivity contribution in [2.75, 3.05) is 13.2 Å². The van der Waals surface area contributed by atoms with Crippen molar-refractivity contribution in [3.63, 3.8) is 0 Å². The van der Waals surface area contributed by atoms with E-state index in [0.29, 0.717) is 30.7 Å². The molecule has 136 valence electrons. The van der Waals surface area contributed by atoms with E-state index in [1.807, 2.05) is 19.9 Å². The summed E-state index contributed by atoms with van der Waals surface area (Å²) in [5.74, 6) is -1.47. The second kappa shape index (κ2) is 8.83. The predicted octanol–water partition coefficient (Wildman–Crippen LogP) is 2.70. The number of fused-ring (bicyclic) bond motifs is 1. The first-order chi connectivity index (χ1) is 12.4. The van der Waals surface area contributed by atoms with Crippen molar-refractivity contribution in [2.24, 2.45) is 0 Å². The second-order valence-electron chi connectivity index (χ2n) is 6.01. The number of nitrogens with one attached hydrogen (secondary N) is 2. The fourth-order valence-electron chi connectivity index (χ4n) is 2.39. The Morgan fingerprint density at radius 3 is 2.85 bits per heavy atom. The number of carboxylic acids is 1. The van der Waals surface area contributed by atoms with Gasteiger partial charge in [-0.05, 0) is 38.5 Å². The first kappa shape index (κ1) is 19.2. The molecule has 3 N–H and O–H groups in total. The average Bonchev–Trinajstić information content (AvgIpc) is 3.00. The number of aromatic carboxylic acids is 1. The fraction of sp³-hybridized carbons (Fsp3) is 0.316. The highest BCUT2D eigenvalue weighted by Gasteiger charge is 2.11. The molecular weight excluding hydrogens is 334 g/mol. The number of H-pyrrole nitrogens is 1. The molecule has 2 rings (SSSR count). The standard InChI is InChI=1S/C19H21N3O4/c1-12(2)26-7-3-6-21-18(23)14(10-20)8-15-11-22-17-9-13(19(24)25)4-5-16(15)17/h4-5,8-9,11-12,22H,3,6-7H2,1-2H3,(H,21,23)(H,24,25)/b14-8+. The van der Waals surface area contributed by atoms with Gasteiger partial charge in [0.1, 0.15) is 11.6 Å². The third-order valence-corrected chi connectivity index (χ3v) is 3.68. The Balaban J connectivity index is 2.08. The molecule has 0 atom stereocenters. The lowest BCUT2D eigenvalue weighted by Crippen LogP contribution is -2.26. The van der Waals surface area contributed by atoms with Gasteiger partial charge in [-0.1, -0.05) is 6.07 Å². The Bertz CT molecular complexity index is 875. The van der Waals surface area contributed by atoms with Crippen molar-refractivity contribution in [3.05, 3.63) is 41.1 Å². The molecule has 26 heavy (non-hydrogen) atoms. The van der Waals surface area contributed by atoms with Crippen LogP contribution in [0.5, 0.6) is 0 Å². The minimum Gasteiger partial charge on any atom is -0.478 e. The van der Waals surface area contributed by atoms with Crippen molar-refractivity contribution in [1.82, 2.24) is 10.3 Å². The topological polar surface area (TPSA) is 115 Å². The van der Waals surface area contributed by atoms with Crippen LogP contribution in [0.3, 0.4) is 0 Å². The molecule has 2 aromatic rings. The molecule has 0 fully saturated rings. The summed E-state index contributed by atoms with van der Waals surface area (Å²) in [6.07, 6.45) is 3.92. The number of carbonyl (C=O) groups excluding carboxylic acids is 1. The molecule has 7 nitrogen and oxygen atoms in total. The smallest absolute Gasteiger partial charge is 0.335 e. The Hall–Kier alpha value is -3.11. The van der Waals surface area contributed by atoms with Gasteiger partial charge >= 0.3 is 5.97 Å². The van der Waals surface area contributed by atoms with Gasteiger partial charge in [-0.3, -0.25) is 4.79 Å². The largest absolute Gasteiger partial charge is 0.478 e. The van der Waals surface area contributed by atoms with E-state index in [2.05, 4.69) is 10.3 Å². The van der Waals surface area contributed by atoms with Crippen LogP contribution in [-0.4, -0.2) is 41.2 Å². The third-order valence-electron chi connectivity index (χ3n) is 3.68. The summed E-state index contributed by atoms with van der Waals surface area (Å²) in [4.78, 5) is 26.1. The number of nitrogens with zero attached hydrogens (tertiary/aromatic N) is 1. The molecule has 1 heterocycles. The Labute approximate surface area is 151 Å². The van der Waals surface area contributed by atoms with Gasteiger partial charge in [0.05, 0.1) is 11.7 Å². The molecule has 0 aliphatic carbocycles. The first-order valence-electron chi connectivity index (χ1n) is 8.28. The van der Waals surface area contributed by atoms with Crippen LogP contribution in [-0.2, 0) is 9.53 Å². The SMILES string of the molecule is CC(C)OCCCNC(=O)/C(C#N)=C/c1c[nH]c2cc(C(=O)O)ccc12. The molecule has 0 unspecified atom stereocenters. The lowest BCUT2D eigenvalue weighted by molar-refractivity contribution is -0.117. The maximum absolute atomic E-state index is 12.1. The number of hydrogen-bond donors (Lipinski definition) is 3. The van der Waals surface area contributed by atoms with Gasteiger partial charge < -0.3 is 20.1 Å². The number of rotatable bonds is 8. The fourth-order valence-corrected chi connectivity index (χ4v) is 2.39. The Morgan fingerprint density at radius 1 is 1.42 bits per heavy atom. The third kappa shape index (κ3) is 4.94. The predicted molar refractivity (Wildman–Crippen MR) is 97.6 cm³/mol. The summed E-state index contributed by atoms with van der Waals surface area (Å²) in [5.41, 5.74) is 1.42. The van der Waals surface area contributed by atoms with E-state index in [-0.39, 0.29) is 17.2 Å². The number of ether oxygens (including phenoxy) is 1. The van der Waals surface area contributed by atoms with E-state index < -0.39 is 11.9 Å². The van der Waals surface area contributed by atoms with E-state index in [0.717, 1.165) is 5.39 Å². The maximum Gasteiger partial charge on any atom is 0.335 e. The van der Waals surface area contributed by atoms with Crippen molar-refractivity contribution in [1.29, 1.82) is 5.26 Å². The normalized spacial score (nSPS) is 11.5. The van der Waals surface area contributed by atoms with Crippen LogP contribution >= 0.6 is 0 Å². The zero-order valence-corrected chi connectivity index (χ0v) is 14.7. The summed E-state index contributed by atoms with van der Waals surface area (Å²) >= 11 is 0. The number of carbonyl (C=O) groups is 2. The second-order valence-corrected chi connectivity index (χ2v) is 6.01. The monoisotopic (exact) mass is 355 g/mol. The van der Waals surface area contributed by atoms with E-state index in [9.17, 15) is 14.9 Å². The van der Waals surface area contributed by atoms with E-state index >= 15 is 0 Å². The number of hydrogen-bond acceptors (Lipinski definition) is 4. The summed E-state index contributed by atoms with van der Waals surface area (Å²) in [6, 6.07) is 6.55. The number of aromatic nitrogens is 1. The van der Waals surface area contributed by atoms with Gasteiger partial charge in [-0.15, -0.1) is 0 Å². The zero-order valence-electron chi connectivity index (χ0n) is 14.7. The molecule has 0 saturated carbocycles. The van der Waals surface area contributed by atoms with Crippen LogP contribution in [0.25, 0.3) is 17.0 Å². The molecule has 1 aromatic carbocycles. The molecule has 7 heteroatoms. The quantitative estimate of drug-likeness (QED) is 0.382. The van der Waals surface area contributed by atoms with Gasteiger partial charge in [-0.2, -0.15) is 5.26 Å². The number of benzene rings is 1. The summed E-state index contributed by atoms with van der Waals surface area (Å²) < 4.78 is 5.39. The van der Waals surface area contributed by atoms with Crippen molar-refractivity contribution < 1.29 is 19.4 Å². The zero-order chi connectivity index (χ0) is 19.1. The van der Waals surface area contributed by atoms with E-state index in [1.54, 1.807) is 12.3 Å². The van der Waals surface area contributed by atoms with Crippen molar-refractivity contribution in [3.8, 4) is 6.07 Å². The minimum absolute atomic E-state index is 0.0158. The molecule has 0 aliphatic heterocycles. The molecule has 0 aliphatic rings. The maximum atomic E-state index is 12.1. The van der Waals surface area contributed by atoms with E-state index in [1.165, 1.54) is 18.2 Å². The number of carboxylic acid groups (broad SMARTS) is 1. The van der Waals surface area contributed by atoms with Crippen LogP contribution in [0, 0.1) is 11.3 Å². The van der Waals surface area contributed by atoms with Crippen molar-refractivity contribution >= 4 is 28.9 Å². The van der Waals surface area contributed by atoms with Crippen LogP contribution in [0.4, 0.5) is 0 Å². The first-order valence-corrected chi connectivity index (χ1v) is 8.28. The minimum atomic E-state index is -1.02. The highest BCUT2D eigenvalue weighted by atomic mass is 16.5. The average molecular weight is 355 g/mol. The Kier molecular flexibility index (Phi) is 6.53. The lowest BCUT2D eigenvalue weighted by Gasteiger charge is -2.07. The molecular formula is C19H21N3O4. The van der Waals surface area contributed by atoms with Gasteiger partial charge in [0.15, 0.2) is 0 Å². The number of aromatic amines is 1. The number of nitriles is 1. The molecule has 0 saturated heterocycles. The highest BCUT2D eigenvalue weighted by Crippen LogP contribution is 2.22. The van der Waals surface area contributed by atoms with Gasteiger partial charge in [0, 0.05) is 35.8 Å². The van der Waals surface area contributed by atoms with Crippen LogP contribution < -0.4 is 5.32 Å².